The van der Waals surface area contributed by atoms with Gasteiger partial charge in [0.15, 0.2) is 0 Å². The van der Waals surface area contributed by atoms with Crippen LogP contribution in [0.1, 0.15) is 17.5 Å². The number of fused-ring (bicyclic) bond motifs is 1. The Bertz CT molecular complexity index is 1190. The third-order valence-corrected chi connectivity index (χ3v) is 6.17. The van der Waals surface area contributed by atoms with Crippen molar-refractivity contribution in [2.24, 2.45) is 0 Å². The summed E-state index contributed by atoms with van der Waals surface area (Å²) in [5.41, 5.74) is 10.0. The Hall–Kier alpha value is -3.37. The van der Waals surface area contributed by atoms with E-state index in [4.69, 9.17) is 4.74 Å². The summed E-state index contributed by atoms with van der Waals surface area (Å²) in [4.78, 5) is 10.0. The second kappa shape index (κ2) is 9.01. The van der Waals surface area contributed by atoms with Crippen LogP contribution in [0.15, 0.2) is 73.1 Å². The van der Waals surface area contributed by atoms with Crippen molar-refractivity contribution in [1.82, 2.24) is 14.9 Å². The first-order valence-corrected chi connectivity index (χ1v) is 11.3. The van der Waals surface area contributed by atoms with Gasteiger partial charge in [-0.2, -0.15) is 0 Å². The van der Waals surface area contributed by atoms with Crippen molar-refractivity contribution in [2.75, 3.05) is 27.2 Å². The van der Waals surface area contributed by atoms with E-state index in [2.05, 4.69) is 77.5 Å². The van der Waals surface area contributed by atoms with Crippen molar-refractivity contribution in [1.29, 1.82) is 0 Å². The summed E-state index contributed by atoms with van der Waals surface area (Å²) in [6, 6.07) is 21.7. The number of hydrogen-bond donors (Lipinski definition) is 1. The number of H-pyrrole nitrogens is 1. The van der Waals surface area contributed by atoms with Crippen LogP contribution in [0.25, 0.3) is 33.6 Å². The van der Waals surface area contributed by atoms with Crippen LogP contribution in [0.4, 0.5) is 0 Å². The highest BCUT2D eigenvalue weighted by Crippen LogP contribution is 2.37. The van der Waals surface area contributed by atoms with Gasteiger partial charge in [0.25, 0.3) is 0 Å². The van der Waals surface area contributed by atoms with Crippen molar-refractivity contribution in [3.8, 4) is 39.4 Å². The van der Waals surface area contributed by atoms with Gasteiger partial charge in [0.1, 0.15) is 12.4 Å². The SMILES string of the molecule is CN(C)CCOc1ccc(-c2cc(-c3ccncc3)c(-c3ccc4c(c3)CCC4)[nH]2)cc1. The Morgan fingerprint density at radius 1 is 0.844 bits per heavy atom. The smallest absolute Gasteiger partial charge is 0.119 e. The highest BCUT2D eigenvalue weighted by molar-refractivity contribution is 5.86. The average Bonchev–Trinajstić information content (AvgIpc) is 3.47. The lowest BCUT2D eigenvalue weighted by Crippen LogP contribution is -2.19. The van der Waals surface area contributed by atoms with Gasteiger partial charge in [0.2, 0.25) is 0 Å². The van der Waals surface area contributed by atoms with Crippen LogP contribution < -0.4 is 4.74 Å². The minimum absolute atomic E-state index is 0.684. The van der Waals surface area contributed by atoms with Crippen LogP contribution >= 0.6 is 0 Å². The molecule has 0 spiro atoms. The topological polar surface area (TPSA) is 41.1 Å². The molecule has 32 heavy (non-hydrogen) atoms. The van der Waals surface area contributed by atoms with Crippen LogP contribution in [0.3, 0.4) is 0 Å². The second-order valence-electron chi connectivity index (χ2n) is 8.72. The fraction of sp³-hybridized carbons (Fsp3) is 0.250. The van der Waals surface area contributed by atoms with E-state index in [-0.39, 0.29) is 0 Å². The molecule has 2 aromatic carbocycles. The molecule has 0 amide bonds. The van der Waals surface area contributed by atoms with E-state index >= 15 is 0 Å². The Labute approximate surface area is 189 Å². The van der Waals surface area contributed by atoms with Crippen LogP contribution in [0.5, 0.6) is 5.75 Å². The maximum atomic E-state index is 5.86. The minimum atomic E-state index is 0.684. The summed E-state index contributed by atoms with van der Waals surface area (Å²) in [5.74, 6) is 0.898. The van der Waals surface area contributed by atoms with Crippen molar-refractivity contribution in [2.45, 2.75) is 19.3 Å². The summed E-state index contributed by atoms with van der Waals surface area (Å²) in [7, 11) is 4.10. The van der Waals surface area contributed by atoms with E-state index in [0.29, 0.717) is 6.61 Å². The molecule has 2 aromatic heterocycles. The Morgan fingerprint density at radius 2 is 1.59 bits per heavy atom. The lowest BCUT2D eigenvalue weighted by atomic mass is 9.99. The number of nitrogens with one attached hydrogen (secondary N) is 1. The Kier molecular flexibility index (Phi) is 5.78. The van der Waals surface area contributed by atoms with Gasteiger partial charge in [-0.05, 0) is 110 Å². The van der Waals surface area contributed by atoms with Gasteiger partial charge in [-0.15, -0.1) is 0 Å². The molecule has 0 atom stereocenters. The third kappa shape index (κ3) is 4.32. The highest BCUT2D eigenvalue weighted by Gasteiger charge is 2.17. The molecule has 0 radical (unpaired) electrons. The monoisotopic (exact) mass is 423 g/mol. The van der Waals surface area contributed by atoms with Crippen LogP contribution in [0, 0.1) is 0 Å². The number of aromatic amines is 1. The normalized spacial score (nSPS) is 12.8. The third-order valence-electron chi connectivity index (χ3n) is 6.17. The first kappa shape index (κ1) is 20.5. The molecule has 1 aliphatic carbocycles. The molecule has 0 bridgehead atoms. The molecular weight excluding hydrogens is 394 g/mol. The maximum Gasteiger partial charge on any atom is 0.119 e. The van der Waals surface area contributed by atoms with Gasteiger partial charge < -0.3 is 14.6 Å². The zero-order valence-electron chi connectivity index (χ0n) is 18.8. The van der Waals surface area contributed by atoms with Gasteiger partial charge in [-0.3, -0.25) is 4.98 Å². The number of nitrogens with zero attached hydrogens (tertiary/aromatic N) is 2. The van der Waals surface area contributed by atoms with Crippen molar-refractivity contribution < 1.29 is 4.74 Å². The first-order valence-electron chi connectivity index (χ1n) is 11.3. The number of benzene rings is 2. The lowest BCUT2D eigenvalue weighted by molar-refractivity contribution is 0.261. The van der Waals surface area contributed by atoms with Gasteiger partial charge in [-0.1, -0.05) is 12.1 Å². The Morgan fingerprint density at radius 3 is 2.38 bits per heavy atom. The molecule has 0 saturated carbocycles. The number of hydrogen-bond acceptors (Lipinski definition) is 3. The van der Waals surface area contributed by atoms with E-state index in [1.165, 1.54) is 47.1 Å². The summed E-state index contributed by atoms with van der Waals surface area (Å²) < 4.78 is 5.86. The van der Waals surface area contributed by atoms with Gasteiger partial charge >= 0.3 is 0 Å². The summed E-state index contributed by atoms with van der Waals surface area (Å²) in [5, 5.41) is 0. The zero-order valence-corrected chi connectivity index (χ0v) is 18.8. The molecule has 4 nitrogen and oxygen atoms in total. The molecule has 1 N–H and O–H groups in total. The van der Waals surface area contributed by atoms with E-state index < -0.39 is 0 Å². The molecule has 0 unspecified atom stereocenters. The van der Waals surface area contributed by atoms with E-state index in [9.17, 15) is 0 Å². The molecule has 5 rings (SSSR count). The van der Waals surface area contributed by atoms with E-state index in [1.807, 2.05) is 24.5 Å². The molecule has 4 aromatic rings. The fourth-order valence-corrected chi connectivity index (χ4v) is 4.40. The van der Waals surface area contributed by atoms with Crippen molar-refractivity contribution in [3.63, 3.8) is 0 Å². The fourth-order valence-electron chi connectivity index (χ4n) is 4.40. The maximum absolute atomic E-state index is 5.86. The quantitative estimate of drug-likeness (QED) is 0.406. The summed E-state index contributed by atoms with van der Waals surface area (Å²) >= 11 is 0. The number of rotatable bonds is 7. The molecule has 1 aliphatic rings. The highest BCUT2D eigenvalue weighted by atomic mass is 16.5. The zero-order chi connectivity index (χ0) is 21.9. The largest absolute Gasteiger partial charge is 0.492 e. The van der Waals surface area contributed by atoms with E-state index in [0.717, 1.165) is 29.2 Å². The summed E-state index contributed by atoms with van der Waals surface area (Å²) in [6.07, 6.45) is 7.35. The predicted octanol–water partition coefficient (Wildman–Crippen LogP) is 5.84. The van der Waals surface area contributed by atoms with Gasteiger partial charge in [0, 0.05) is 30.2 Å². The molecular formula is C28H29N3O. The van der Waals surface area contributed by atoms with E-state index in [1.54, 1.807) is 0 Å². The average molecular weight is 424 g/mol. The lowest BCUT2D eigenvalue weighted by Gasteiger charge is -2.11. The molecule has 0 saturated heterocycles. The Balaban J connectivity index is 1.49. The van der Waals surface area contributed by atoms with Crippen molar-refractivity contribution in [3.05, 3.63) is 84.2 Å². The van der Waals surface area contributed by atoms with Crippen molar-refractivity contribution >= 4 is 0 Å². The standard InChI is InChI=1S/C28H29N3O/c1-31(2)16-17-32-25-10-8-22(9-11-25)27-19-26(21-12-14-29-15-13-21)28(30-27)24-7-6-20-4-3-5-23(20)18-24/h6-15,18-19,30H,3-5,16-17H2,1-2H3. The first-order chi connectivity index (χ1) is 15.7. The van der Waals surface area contributed by atoms with Crippen LogP contribution in [-0.4, -0.2) is 42.1 Å². The number of aryl methyl sites for hydroxylation is 2. The molecule has 2 heterocycles. The van der Waals surface area contributed by atoms with Gasteiger partial charge in [-0.25, -0.2) is 0 Å². The predicted molar refractivity (Wildman–Crippen MR) is 131 cm³/mol. The molecule has 0 aliphatic heterocycles. The number of likely N-dealkylation sites (N-methyl/N-ethyl adjacent to an activating group) is 1. The molecule has 4 heteroatoms. The van der Waals surface area contributed by atoms with Crippen LogP contribution in [0.2, 0.25) is 0 Å². The van der Waals surface area contributed by atoms with Gasteiger partial charge in [0.05, 0.1) is 5.69 Å². The number of pyridine rings is 1. The number of aromatic nitrogens is 2. The van der Waals surface area contributed by atoms with Crippen LogP contribution in [-0.2, 0) is 12.8 Å². The summed E-state index contributed by atoms with van der Waals surface area (Å²) in [6.45, 7) is 1.58. The molecule has 162 valence electrons. The second-order valence-corrected chi connectivity index (χ2v) is 8.72. The molecule has 0 fully saturated rings. The number of ether oxygens (including phenoxy) is 1. The minimum Gasteiger partial charge on any atom is -0.492 e.